The van der Waals surface area contributed by atoms with Crippen LogP contribution >= 0.6 is 0 Å². The lowest BCUT2D eigenvalue weighted by Gasteiger charge is -2.01. The van der Waals surface area contributed by atoms with Gasteiger partial charge in [-0.25, -0.2) is 9.97 Å². The second kappa shape index (κ2) is 4.52. The predicted octanol–water partition coefficient (Wildman–Crippen LogP) is 0.140. The zero-order chi connectivity index (χ0) is 11.4. The molecule has 0 fully saturated rings. The van der Waals surface area contributed by atoms with Crippen LogP contribution < -0.4 is 5.32 Å². The first-order valence-electron chi connectivity index (χ1n) is 4.76. The lowest BCUT2D eigenvalue weighted by Crippen LogP contribution is -2.22. The summed E-state index contributed by atoms with van der Waals surface area (Å²) in [6.07, 6.45) is 7.90. The number of nitrogens with one attached hydrogen (secondary N) is 1. The average molecular weight is 217 g/mol. The largest absolute Gasteiger partial charge is 0.348 e. The highest BCUT2D eigenvalue weighted by atomic mass is 16.1. The lowest BCUT2D eigenvalue weighted by atomic mass is 10.3. The summed E-state index contributed by atoms with van der Waals surface area (Å²) in [6, 6.07) is 0. The summed E-state index contributed by atoms with van der Waals surface area (Å²) in [6.45, 7) is 0.446. The first kappa shape index (κ1) is 10.3. The van der Waals surface area contributed by atoms with Crippen LogP contribution in [0, 0.1) is 0 Å². The summed E-state index contributed by atoms with van der Waals surface area (Å²) in [5, 5.41) is 6.76. The van der Waals surface area contributed by atoms with Crippen LogP contribution in [0.5, 0.6) is 0 Å². The van der Waals surface area contributed by atoms with Gasteiger partial charge in [-0.15, -0.1) is 0 Å². The fourth-order valence-corrected chi connectivity index (χ4v) is 1.26. The van der Waals surface area contributed by atoms with E-state index >= 15 is 0 Å². The van der Waals surface area contributed by atoms with Crippen molar-refractivity contribution in [2.45, 2.75) is 6.54 Å². The topological polar surface area (TPSA) is 72.7 Å². The molecule has 0 atom stereocenters. The van der Waals surface area contributed by atoms with Gasteiger partial charge in [0.2, 0.25) is 0 Å². The van der Waals surface area contributed by atoms with Gasteiger partial charge in [0.25, 0.3) is 5.91 Å². The molecule has 0 spiro atoms. The number of amides is 1. The Hall–Kier alpha value is -2.24. The van der Waals surface area contributed by atoms with Crippen LogP contribution in [-0.4, -0.2) is 25.7 Å². The van der Waals surface area contributed by atoms with E-state index < -0.39 is 0 Å². The normalized spacial score (nSPS) is 10.1. The summed E-state index contributed by atoms with van der Waals surface area (Å²) < 4.78 is 1.69. The van der Waals surface area contributed by atoms with E-state index in [-0.39, 0.29) is 5.91 Å². The molecule has 0 aromatic carbocycles. The Labute approximate surface area is 92.3 Å². The summed E-state index contributed by atoms with van der Waals surface area (Å²) in [4.78, 5) is 19.2. The first-order valence-corrected chi connectivity index (χ1v) is 4.76. The molecule has 1 N–H and O–H groups in total. The third-order valence-electron chi connectivity index (χ3n) is 2.03. The Balaban J connectivity index is 1.94. The number of hydrogen-bond donors (Lipinski definition) is 1. The summed E-state index contributed by atoms with van der Waals surface area (Å²) in [5.41, 5.74) is 1.40. The van der Waals surface area contributed by atoms with Gasteiger partial charge in [0, 0.05) is 37.7 Å². The maximum Gasteiger partial charge on any atom is 0.254 e. The minimum absolute atomic E-state index is 0.190. The Morgan fingerprint density at radius 2 is 2.12 bits per heavy atom. The van der Waals surface area contributed by atoms with Crippen LogP contribution in [0.4, 0.5) is 0 Å². The van der Waals surface area contributed by atoms with Crippen LogP contribution in [-0.2, 0) is 13.6 Å². The third kappa shape index (κ3) is 2.41. The number of nitrogens with zero attached hydrogens (tertiary/aromatic N) is 4. The van der Waals surface area contributed by atoms with Crippen LogP contribution in [0.1, 0.15) is 15.9 Å². The monoisotopic (exact) mass is 217 g/mol. The highest BCUT2D eigenvalue weighted by molar-refractivity contribution is 5.93. The Kier molecular flexibility index (Phi) is 2.90. The molecule has 2 heterocycles. The third-order valence-corrected chi connectivity index (χ3v) is 2.03. The van der Waals surface area contributed by atoms with Gasteiger partial charge < -0.3 is 5.32 Å². The van der Waals surface area contributed by atoms with Gasteiger partial charge in [0.15, 0.2) is 0 Å². The van der Waals surface area contributed by atoms with E-state index in [1.807, 2.05) is 13.2 Å². The van der Waals surface area contributed by atoms with E-state index in [2.05, 4.69) is 20.4 Å². The molecule has 2 rings (SSSR count). The van der Waals surface area contributed by atoms with Crippen LogP contribution in [0.15, 0.2) is 31.1 Å². The molecule has 0 saturated heterocycles. The van der Waals surface area contributed by atoms with E-state index in [4.69, 9.17) is 0 Å². The van der Waals surface area contributed by atoms with E-state index in [1.165, 1.54) is 18.7 Å². The molecular formula is C10H11N5O. The summed E-state index contributed by atoms with van der Waals surface area (Å²) in [7, 11) is 1.83. The molecule has 0 unspecified atom stereocenters. The summed E-state index contributed by atoms with van der Waals surface area (Å²) in [5.74, 6) is -0.190. The lowest BCUT2D eigenvalue weighted by molar-refractivity contribution is 0.0950. The molecule has 0 aliphatic heterocycles. The van der Waals surface area contributed by atoms with Crippen molar-refractivity contribution in [3.63, 3.8) is 0 Å². The minimum atomic E-state index is -0.190. The van der Waals surface area contributed by atoms with Crippen LogP contribution in [0.3, 0.4) is 0 Å². The van der Waals surface area contributed by atoms with Crippen LogP contribution in [0.25, 0.3) is 0 Å². The molecule has 2 aromatic rings. The van der Waals surface area contributed by atoms with Gasteiger partial charge in [-0.2, -0.15) is 5.10 Å². The van der Waals surface area contributed by atoms with Crippen molar-refractivity contribution in [3.8, 4) is 0 Å². The quantitative estimate of drug-likeness (QED) is 0.793. The van der Waals surface area contributed by atoms with E-state index in [9.17, 15) is 4.79 Å². The molecule has 0 saturated carbocycles. The first-order chi connectivity index (χ1) is 7.75. The Morgan fingerprint density at radius 3 is 2.75 bits per heavy atom. The van der Waals surface area contributed by atoms with Crippen molar-refractivity contribution in [1.82, 2.24) is 25.1 Å². The zero-order valence-electron chi connectivity index (χ0n) is 8.79. The minimum Gasteiger partial charge on any atom is -0.348 e. The molecule has 0 bridgehead atoms. The standard InChI is InChI=1S/C10H11N5O/c1-15-6-8(3-14-15)2-13-10(16)9-4-11-7-12-5-9/h3-7H,2H2,1H3,(H,13,16). The number of aryl methyl sites for hydroxylation is 1. The molecule has 0 aliphatic rings. The maximum absolute atomic E-state index is 11.6. The van der Waals surface area contributed by atoms with Gasteiger partial charge in [-0.05, 0) is 0 Å². The van der Waals surface area contributed by atoms with Crippen molar-refractivity contribution in [2.24, 2.45) is 7.05 Å². The van der Waals surface area contributed by atoms with Crippen LogP contribution in [0.2, 0.25) is 0 Å². The number of carbonyl (C=O) groups is 1. The Morgan fingerprint density at radius 1 is 1.38 bits per heavy atom. The van der Waals surface area contributed by atoms with Gasteiger partial charge in [-0.3, -0.25) is 9.48 Å². The van der Waals surface area contributed by atoms with Crippen molar-refractivity contribution in [3.05, 3.63) is 42.2 Å². The zero-order valence-corrected chi connectivity index (χ0v) is 8.79. The molecule has 0 aliphatic carbocycles. The Bertz CT molecular complexity index is 479. The van der Waals surface area contributed by atoms with E-state index in [0.29, 0.717) is 12.1 Å². The number of carbonyl (C=O) groups excluding carboxylic acids is 1. The van der Waals surface area contributed by atoms with Crippen molar-refractivity contribution in [1.29, 1.82) is 0 Å². The van der Waals surface area contributed by atoms with E-state index in [1.54, 1.807) is 10.9 Å². The molecule has 82 valence electrons. The highest BCUT2D eigenvalue weighted by Gasteiger charge is 2.05. The highest BCUT2D eigenvalue weighted by Crippen LogP contribution is 1.97. The fourth-order valence-electron chi connectivity index (χ4n) is 1.26. The molecule has 6 heteroatoms. The number of aromatic nitrogens is 4. The fraction of sp³-hybridized carbons (Fsp3) is 0.200. The van der Waals surface area contributed by atoms with Gasteiger partial charge in [0.05, 0.1) is 11.8 Å². The molecule has 6 nitrogen and oxygen atoms in total. The summed E-state index contributed by atoms with van der Waals surface area (Å²) >= 11 is 0. The maximum atomic E-state index is 11.6. The van der Waals surface area contributed by atoms with Gasteiger partial charge in [-0.1, -0.05) is 0 Å². The molecular weight excluding hydrogens is 206 g/mol. The van der Waals surface area contributed by atoms with Crippen molar-refractivity contribution in [2.75, 3.05) is 0 Å². The second-order valence-corrected chi connectivity index (χ2v) is 3.33. The van der Waals surface area contributed by atoms with Gasteiger partial charge in [0.1, 0.15) is 6.33 Å². The van der Waals surface area contributed by atoms with E-state index in [0.717, 1.165) is 5.56 Å². The number of hydrogen-bond acceptors (Lipinski definition) is 4. The molecule has 16 heavy (non-hydrogen) atoms. The predicted molar refractivity (Wildman–Crippen MR) is 56.4 cm³/mol. The second-order valence-electron chi connectivity index (χ2n) is 3.33. The average Bonchev–Trinajstić information content (AvgIpc) is 2.73. The number of rotatable bonds is 3. The molecule has 0 radical (unpaired) electrons. The smallest absolute Gasteiger partial charge is 0.254 e. The molecule has 1 amide bonds. The SMILES string of the molecule is Cn1cc(CNC(=O)c2cncnc2)cn1. The van der Waals surface area contributed by atoms with Gasteiger partial charge >= 0.3 is 0 Å². The van der Waals surface area contributed by atoms with Crippen molar-refractivity contribution < 1.29 is 4.79 Å². The van der Waals surface area contributed by atoms with Crippen molar-refractivity contribution >= 4 is 5.91 Å². The molecule has 2 aromatic heterocycles.